The maximum absolute atomic E-state index is 10.9. The minimum atomic E-state index is -0.492. The van der Waals surface area contributed by atoms with E-state index < -0.39 is 5.91 Å². The average Bonchev–Trinajstić information content (AvgIpc) is 2.31. The third kappa shape index (κ3) is 2.37. The number of carbonyl (C=O) groups is 1. The van der Waals surface area contributed by atoms with Crippen LogP contribution in [0, 0.1) is 6.92 Å². The lowest BCUT2D eigenvalue weighted by molar-refractivity contribution is 0.0996. The summed E-state index contributed by atoms with van der Waals surface area (Å²) in [6, 6.07) is 9.31. The lowest BCUT2D eigenvalue weighted by atomic mass is 10.1. The minimum Gasteiger partial charge on any atom is -0.364 e. The number of primary amides is 1. The molecular formula is C13H16N2O. The van der Waals surface area contributed by atoms with Crippen LogP contribution < -0.4 is 5.73 Å². The van der Waals surface area contributed by atoms with Crippen molar-refractivity contribution in [2.45, 2.75) is 20.8 Å². The van der Waals surface area contributed by atoms with Gasteiger partial charge in [0.05, 0.1) is 5.52 Å². The van der Waals surface area contributed by atoms with Crippen molar-refractivity contribution < 1.29 is 4.79 Å². The van der Waals surface area contributed by atoms with Crippen LogP contribution in [-0.2, 0) is 0 Å². The molecule has 1 heterocycles. The molecular weight excluding hydrogens is 200 g/mol. The van der Waals surface area contributed by atoms with Gasteiger partial charge in [0.15, 0.2) is 0 Å². The Bertz CT molecular complexity index is 506. The molecule has 2 rings (SSSR count). The van der Waals surface area contributed by atoms with Crippen LogP contribution in [-0.4, -0.2) is 10.9 Å². The molecule has 0 saturated heterocycles. The van der Waals surface area contributed by atoms with Gasteiger partial charge in [0.2, 0.25) is 0 Å². The number of hydrogen-bond acceptors (Lipinski definition) is 2. The summed E-state index contributed by atoms with van der Waals surface area (Å²) in [5, 5.41) is 1.05. The molecule has 3 heteroatoms. The number of fused-ring (bicyclic) bond motifs is 1. The molecule has 0 fully saturated rings. The van der Waals surface area contributed by atoms with Crippen LogP contribution in [0.15, 0.2) is 30.3 Å². The van der Waals surface area contributed by atoms with Crippen molar-refractivity contribution >= 4 is 16.8 Å². The number of nitrogens with zero attached hydrogens (tertiary/aromatic N) is 1. The molecule has 1 aromatic heterocycles. The Labute approximate surface area is 95.3 Å². The fourth-order valence-corrected chi connectivity index (χ4v) is 1.45. The van der Waals surface area contributed by atoms with Crippen molar-refractivity contribution in [3.8, 4) is 0 Å². The fourth-order valence-electron chi connectivity index (χ4n) is 1.45. The number of aryl methyl sites for hydroxylation is 1. The maximum atomic E-state index is 10.9. The summed E-state index contributed by atoms with van der Waals surface area (Å²) in [6.45, 7) is 6.01. The molecule has 3 nitrogen and oxygen atoms in total. The zero-order valence-corrected chi connectivity index (χ0v) is 9.82. The van der Waals surface area contributed by atoms with E-state index >= 15 is 0 Å². The molecule has 2 N–H and O–H groups in total. The number of pyridine rings is 1. The van der Waals surface area contributed by atoms with Crippen LogP contribution in [0.3, 0.4) is 0 Å². The second-order valence-corrected chi connectivity index (χ2v) is 3.20. The molecule has 0 atom stereocenters. The summed E-state index contributed by atoms with van der Waals surface area (Å²) in [5.74, 6) is -0.492. The molecule has 0 aliphatic rings. The fraction of sp³-hybridized carbons (Fsp3) is 0.231. The van der Waals surface area contributed by atoms with Gasteiger partial charge in [-0.25, -0.2) is 4.98 Å². The number of carbonyl (C=O) groups excluding carboxylic acids is 1. The number of amides is 1. The summed E-state index contributed by atoms with van der Waals surface area (Å²) < 4.78 is 0. The van der Waals surface area contributed by atoms with Gasteiger partial charge in [-0.2, -0.15) is 0 Å². The highest BCUT2D eigenvalue weighted by molar-refractivity contribution is 5.94. The van der Waals surface area contributed by atoms with Crippen molar-refractivity contribution in [3.63, 3.8) is 0 Å². The Morgan fingerprint density at radius 2 is 1.88 bits per heavy atom. The second-order valence-electron chi connectivity index (χ2n) is 3.20. The van der Waals surface area contributed by atoms with Crippen LogP contribution in [0.5, 0.6) is 0 Å². The number of hydrogen-bond donors (Lipinski definition) is 1. The molecule has 0 aliphatic heterocycles. The van der Waals surface area contributed by atoms with Crippen LogP contribution >= 0.6 is 0 Å². The summed E-state index contributed by atoms with van der Waals surface area (Å²) in [6.07, 6.45) is 0. The summed E-state index contributed by atoms with van der Waals surface area (Å²) in [4.78, 5) is 15.1. The first-order chi connectivity index (χ1) is 7.68. The molecule has 0 bridgehead atoms. The Balaban J connectivity index is 0.000000606. The first-order valence-electron chi connectivity index (χ1n) is 5.34. The predicted octanol–water partition coefficient (Wildman–Crippen LogP) is 2.67. The molecule has 16 heavy (non-hydrogen) atoms. The van der Waals surface area contributed by atoms with Crippen molar-refractivity contribution in [1.29, 1.82) is 0 Å². The Hall–Kier alpha value is -1.90. The molecule has 0 radical (unpaired) electrons. The van der Waals surface area contributed by atoms with Gasteiger partial charge in [0.1, 0.15) is 5.69 Å². The number of rotatable bonds is 1. The van der Waals surface area contributed by atoms with Crippen LogP contribution in [0.25, 0.3) is 10.9 Å². The SMILES string of the molecule is CC.Cc1cccc2nc(C(N)=O)ccc12. The summed E-state index contributed by atoms with van der Waals surface area (Å²) >= 11 is 0. The highest BCUT2D eigenvalue weighted by Crippen LogP contribution is 2.16. The van der Waals surface area contributed by atoms with Gasteiger partial charge in [-0.1, -0.05) is 32.0 Å². The van der Waals surface area contributed by atoms with Gasteiger partial charge >= 0.3 is 0 Å². The number of aromatic nitrogens is 1. The van der Waals surface area contributed by atoms with E-state index in [2.05, 4.69) is 4.98 Å². The Morgan fingerprint density at radius 1 is 1.19 bits per heavy atom. The zero-order chi connectivity index (χ0) is 12.1. The van der Waals surface area contributed by atoms with E-state index in [1.54, 1.807) is 6.07 Å². The molecule has 2 aromatic rings. The van der Waals surface area contributed by atoms with Crippen molar-refractivity contribution in [3.05, 3.63) is 41.6 Å². The third-order valence-corrected chi connectivity index (χ3v) is 2.20. The second kappa shape index (κ2) is 5.26. The standard InChI is InChI=1S/C11H10N2O.C2H6/c1-7-3-2-4-9-8(7)5-6-10(13-9)11(12)14;1-2/h2-6H,1H3,(H2,12,14);1-2H3. The maximum Gasteiger partial charge on any atom is 0.267 e. The van der Waals surface area contributed by atoms with Crippen molar-refractivity contribution in [1.82, 2.24) is 4.98 Å². The van der Waals surface area contributed by atoms with Gasteiger partial charge in [0, 0.05) is 5.39 Å². The zero-order valence-electron chi connectivity index (χ0n) is 9.82. The first-order valence-corrected chi connectivity index (χ1v) is 5.34. The van der Waals surface area contributed by atoms with Crippen LogP contribution in [0.1, 0.15) is 29.9 Å². The summed E-state index contributed by atoms with van der Waals surface area (Å²) in [5.41, 5.74) is 7.40. The van der Waals surface area contributed by atoms with E-state index in [0.29, 0.717) is 5.69 Å². The predicted molar refractivity (Wildman–Crippen MR) is 66.3 cm³/mol. The molecule has 84 valence electrons. The molecule has 1 amide bonds. The van der Waals surface area contributed by atoms with Crippen molar-refractivity contribution in [2.24, 2.45) is 5.73 Å². The van der Waals surface area contributed by atoms with Gasteiger partial charge in [0.25, 0.3) is 5.91 Å². The Kier molecular flexibility index (Phi) is 4.00. The van der Waals surface area contributed by atoms with E-state index in [9.17, 15) is 4.79 Å². The lowest BCUT2D eigenvalue weighted by Gasteiger charge is -2.01. The van der Waals surface area contributed by atoms with E-state index in [1.165, 1.54) is 0 Å². The van der Waals surface area contributed by atoms with E-state index in [4.69, 9.17) is 5.73 Å². The largest absolute Gasteiger partial charge is 0.364 e. The number of nitrogens with two attached hydrogens (primary N) is 1. The third-order valence-electron chi connectivity index (χ3n) is 2.20. The molecule has 0 aliphatic carbocycles. The first kappa shape index (κ1) is 12.2. The normalized spacial score (nSPS) is 9.44. The smallest absolute Gasteiger partial charge is 0.267 e. The quantitative estimate of drug-likeness (QED) is 0.796. The van der Waals surface area contributed by atoms with Crippen molar-refractivity contribution in [2.75, 3.05) is 0 Å². The van der Waals surface area contributed by atoms with E-state index in [0.717, 1.165) is 16.5 Å². The lowest BCUT2D eigenvalue weighted by Crippen LogP contribution is -2.12. The van der Waals surface area contributed by atoms with Gasteiger partial charge < -0.3 is 5.73 Å². The molecule has 0 spiro atoms. The van der Waals surface area contributed by atoms with Gasteiger partial charge in [-0.3, -0.25) is 4.79 Å². The molecule has 0 unspecified atom stereocenters. The topological polar surface area (TPSA) is 56.0 Å². The highest BCUT2D eigenvalue weighted by atomic mass is 16.1. The minimum absolute atomic E-state index is 0.308. The summed E-state index contributed by atoms with van der Waals surface area (Å²) in [7, 11) is 0. The molecule has 1 aromatic carbocycles. The van der Waals surface area contributed by atoms with Gasteiger partial charge in [-0.05, 0) is 24.6 Å². The average molecular weight is 216 g/mol. The number of benzene rings is 1. The Morgan fingerprint density at radius 3 is 2.50 bits per heavy atom. The van der Waals surface area contributed by atoms with E-state index in [1.807, 2.05) is 45.0 Å². The highest BCUT2D eigenvalue weighted by Gasteiger charge is 2.03. The molecule has 0 saturated carbocycles. The van der Waals surface area contributed by atoms with E-state index in [-0.39, 0.29) is 0 Å². The van der Waals surface area contributed by atoms with Gasteiger partial charge in [-0.15, -0.1) is 0 Å². The van der Waals surface area contributed by atoms with Crippen LogP contribution in [0.2, 0.25) is 0 Å². The van der Waals surface area contributed by atoms with Crippen LogP contribution in [0.4, 0.5) is 0 Å². The monoisotopic (exact) mass is 216 g/mol.